The molecule has 0 bridgehead atoms. The molecule has 1 atom stereocenters. The second-order valence-corrected chi connectivity index (χ2v) is 4.02. The molecule has 0 aliphatic carbocycles. The van der Waals surface area contributed by atoms with Gasteiger partial charge in [0, 0.05) is 17.5 Å². The van der Waals surface area contributed by atoms with Crippen molar-refractivity contribution in [1.29, 1.82) is 0 Å². The molecule has 0 amide bonds. The Hall–Kier alpha value is -1.02. The molecule has 2 heteroatoms. The van der Waals surface area contributed by atoms with Crippen LogP contribution in [0.5, 0.6) is 5.75 Å². The fourth-order valence-electron chi connectivity index (χ4n) is 1.72. The number of fused-ring (bicyclic) bond motifs is 1. The van der Waals surface area contributed by atoms with E-state index in [-0.39, 0.29) is 5.54 Å². The van der Waals surface area contributed by atoms with E-state index >= 15 is 0 Å². The van der Waals surface area contributed by atoms with E-state index in [2.05, 4.69) is 26.0 Å². The monoisotopic (exact) mass is 177 g/mol. The zero-order chi connectivity index (χ0) is 9.47. The summed E-state index contributed by atoms with van der Waals surface area (Å²) in [5.41, 5.74) is 8.33. The fourth-order valence-corrected chi connectivity index (χ4v) is 1.72. The molecule has 1 aromatic carbocycles. The summed E-state index contributed by atoms with van der Waals surface area (Å²) in [6.45, 7) is 4.86. The Morgan fingerprint density at radius 1 is 1.46 bits per heavy atom. The third-order valence-corrected chi connectivity index (χ3v) is 2.63. The molecular formula is C11H15NO. The molecule has 1 aliphatic rings. The summed E-state index contributed by atoms with van der Waals surface area (Å²) < 4.78 is 5.53. The molecule has 2 rings (SSSR count). The van der Waals surface area contributed by atoms with Gasteiger partial charge in [0.25, 0.3) is 0 Å². The van der Waals surface area contributed by atoms with Crippen LogP contribution in [0.2, 0.25) is 0 Å². The number of ether oxygens (including phenoxy) is 1. The van der Waals surface area contributed by atoms with Crippen LogP contribution in [-0.4, -0.2) is 6.61 Å². The van der Waals surface area contributed by atoms with Crippen LogP contribution in [0.3, 0.4) is 0 Å². The van der Waals surface area contributed by atoms with Gasteiger partial charge in [0.15, 0.2) is 0 Å². The van der Waals surface area contributed by atoms with Gasteiger partial charge in [-0.2, -0.15) is 0 Å². The van der Waals surface area contributed by atoms with Crippen LogP contribution in [0, 0.1) is 6.92 Å². The van der Waals surface area contributed by atoms with Gasteiger partial charge in [-0.25, -0.2) is 0 Å². The molecule has 70 valence electrons. The predicted octanol–water partition coefficient (Wildman–Crippen LogP) is 1.95. The van der Waals surface area contributed by atoms with E-state index in [1.807, 2.05) is 6.07 Å². The lowest BCUT2D eigenvalue weighted by Gasteiger charge is -2.32. The van der Waals surface area contributed by atoms with Gasteiger partial charge in [-0.15, -0.1) is 0 Å². The van der Waals surface area contributed by atoms with Gasteiger partial charge in [-0.3, -0.25) is 0 Å². The van der Waals surface area contributed by atoms with Crippen molar-refractivity contribution in [3.63, 3.8) is 0 Å². The van der Waals surface area contributed by atoms with E-state index in [0.29, 0.717) is 0 Å². The summed E-state index contributed by atoms with van der Waals surface area (Å²) >= 11 is 0. The molecule has 1 aliphatic heterocycles. The largest absolute Gasteiger partial charge is 0.493 e. The van der Waals surface area contributed by atoms with Crippen LogP contribution in [0.15, 0.2) is 18.2 Å². The van der Waals surface area contributed by atoms with Gasteiger partial charge < -0.3 is 10.5 Å². The van der Waals surface area contributed by atoms with Crippen LogP contribution in [0.1, 0.15) is 24.5 Å². The lowest BCUT2D eigenvalue weighted by molar-refractivity contribution is 0.227. The highest BCUT2D eigenvalue weighted by molar-refractivity contribution is 5.42. The highest BCUT2D eigenvalue weighted by atomic mass is 16.5. The molecular weight excluding hydrogens is 162 g/mol. The Kier molecular flexibility index (Phi) is 1.81. The van der Waals surface area contributed by atoms with Crippen LogP contribution in [-0.2, 0) is 5.54 Å². The molecule has 0 aromatic heterocycles. The number of aryl methyl sites for hydroxylation is 1. The lowest BCUT2D eigenvalue weighted by atomic mass is 9.87. The molecule has 1 unspecified atom stereocenters. The first kappa shape index (κ1) is 8.57. The van der Waals surface area contributed by atoms with E-state index < -0.39 is 0 Å². The molecule has 0 fully saturated rings. The average molecular weight is 177 g/mol. The summed E-state index contributed by atoms with van der Waals surface area (Å²) in [7, 11) is 0. The zero-order valence-electron chi connectivity index (χ0n) is 8.13. The fraction of sp³-hybridized carbons (Fsp3) is 0.455. The van der Waals surface area contributed by atoms with Crippen LogP contribution in [0.4, 0.5) is 0 Å². The quantitative estimate of drug-likeness (QED) is 0.657. The van der Waals surface area contributed by atoms with Crippen molar-refractivity contribution in [2.24, 2.45) is 5.73 Å². The minimum Gasteiger partial charge on any atom is -0.493 e. The van der Waals surface area contributed by atoms with E-state index in [9.17, 15) is 0 Å². The van der Waals surface area contributed by atoms with Crippen molar-refractivity contribution in [2.45, 2.75) is 25.8 Å². The summed E-state index contributed by atoms with van der Waals surface area (Å²) in [4.78, 5) is 0. The Labute approximate surface area is 78.7 Å². The maximum Gasteiger partial charge on any atom is 0.124 e. The van der Waals surface area contributed by atoms with Crippen molar-refractivity contribution in [3.8, 4) is 5.75 Å². The summed E-state index contributed by atoms with van der Waals surface area (Å²) in [5, 5.41) is 0. The standard InChI is InChI=1S/C11H15NO/c1-8-3-4-10-9(7-8)11(2,12)5-6-13-10/h3-4,7H,5-6,12H2,1-2H3. The Morgan fingerprint density at radius 3 is 3.00 bits per heavy atom. The second-order valence-electron chi connectivity index (χ2n) is 4.02. The molecule has 0 spiro atoms. The highest BCUT2D eigenvalue weighted by Gasteiger charge is 2.28. The second kappa shape index (κ2) is 2.74. The Balaban J connectivity index is 2.55. The van der Waals surface area contributed by atoms with E-state index in [4.69, 9.17) is 10.5 Å². The van der Waals surface area contributed by atoms with Gasteiger partial charge in [-0.05, 0) is 19.9 Å². The van der Waals surface area contributed by atoms with Gasteiger partial charge in [0.2, 0.25) is 0 Å². The van der Waals surface area contributed by atoms with Crippen molar-refractivity contribution >= 4 is 0 Å². The molecule has 0 radical (unpaired) electrons. The average Bonchev–Trinajstić information content (AvgIpc) is 2.06. The van der Waals surface area contributed by atoms with Gasteiger partial charge in [-0.1, -0.05) is 17.7 Å². The molecule has 13 heavy (non-hydrogen) atoms. The summed E-state index contributed by atoms with van der Waals surface area (Å²) in [6, 6.07) is 6.18. The van der Waals surface area contributed by atoms with Crippen molar-refractivity contribution < 1.29 is 4.74 Å². The zero-order valence-corrected chi connectivity index (χ0v) is 8.13. The van der Waals surface area contributed by atoms with Gasteiger partial charge >= 0.3 is 0 Å². The smallest absolute Gasteiger partial charge is 0.124 e. The third-order valence-electron chi connectivity index (χ3n) is 2.63. The lowest BCUT2D eigenvalue weighted by Crippen LogP contribution is -2.38. The van der Waals surface area contributed by atoms with Crippen molar-refractivity contribution in [1.82, 2.24) is 0 Å². The number of rotatable bonds is 0. The Bertz CT molecular complexity index is 331. The minimum absolute atomic E-state index is 0.223. The van der Waals surface area contributed by atoms with Gasteiger partial charge in [0.1, 0.15) is 5.75 Å². The SMILES string of the molecule is Cc1ccc2c(c1)C(C)(N)CCO2. The first-order valence-corrected chi connectivity index (χ1v) is 4.62. The normalized spacial score (nSPS) is 26.4. The molecule has 0 saturated carbocycles. The van der Waals surface area contributed by atoms with Crippen molar-refractivity contribution in [3.05, 3.63) is 29.3 Å². The number of nitrogens with two attached hydrogens (primary N) is 1. The first-order valence-electron chi connectivity index (χ1n) is 4.62. The molecule has 2 N–H and O–H groups in total. The number of hydrogen-bond donors (Lipinski definition) is 1. The molecule has 1 heterocycles. The van der Waals surface area contributed by atoms with E-state index in [1.165, 1.54) is 5.56 Å². The van der Waals surface area contributed by atoms with Crippen LogP contribution < -0.4 is 10.5 Å². The number of hydrogen-bond acceptors (Lipinski definition) is 2. The Morgan fingerprint density at radius 2 is 2.23 bits per heavy atom. The first-order chi connectivity index (χ1) is 6.09. The summed E-state index contributed by atoms with van der Waals surface area (Å²) in [6.07, 6.45) is 0.892. The van der Waals surface area contributed by atoms with Gasteiger partial charge in [0.05, 0.1) is 6.61 Å². The maximum absolute atomic E-state index is 6.18. The van der Waals surface area contributed by atoms with E-state index in [1.54, 1.807) is 0 Å². The van der Waals surface area contributed by atoms with Crippen LogP contribution in [0.25, 0.3) is 0 Å². The van der Waals surface area contributed by atoms with E-state index in [0.717, 1.165) is 24.3 Å². The molecule has 2 nitrogen and oxygen atoms in total. The minimum atomic E-state index is -0.223. The topological polar surface area (TPSA) is 35.2 Å². The van der Waals surface area contributed by atoms with Crippen LogP contribution >= 0.6 is 0 Å². The maximum atomic E-state index is 6.18. The highest BCUT2D eigenvalue weighted by Crippen LogP contribution is 2.35. The van der Waals surface area contributed by atoms with Crippen molar-refractivity contribution in [2.75, 3.05) is 6.61 Å². The predicted molar refractivity (Wildman–Crippen MR) is 52.8 cm³/mol. The number of benzene rings is 1. The molecule has 1 aromatic rings. The molecule has 0 saturated heterocycles. The third kappa shape index (κ3) is 1.42. The summed E-state index contributed by atoms with van der Waals surface area (Å²) in [5.74, 6) is 0.946.